The average molecular weight is 286 g/mol. The van der Waals surface area contributed by atoms with Gasteiger partial charge in [0.15, 0.2) is 5.78 Å². The summed E-state index contributed by atoms with van der Waals surface area (Å²) in [5.74, 6) is 1.15. The molecule has 21 heavy (non-hydrogen) atoms. The number of benzene rings is 1. The van der Waals surface area contributed by atoms with Gasteiger partial charge in [0.2, 0.25) is 0 Å². The Morgan fingerprint density at radius 3 is 2.48 bits per heavy atom. The monoisotopic (exact) mass is 286 g/mol. The largest absolute Gasteiger partial charge is 0.497 e. The van der Waals surface area contributed by atoms with Crippen LogP contribution in [0.3, 0.4) is 0 Å². The Kier molecular flexibility index (Phi) is 3.21. The van der Waals surface area contributed by atoms with Crippen molar-refractivity contribution in [3.05, 3.63) is 35.4 Å². The van der Waals surface area contributed by atoms with Gasteiger partial charge in [-0.15, -0.1) is 0 Å². The summed E-state index contributed by atoms with van der Waals surface area (Å²) in [6.07, 6.45) is 3.85. The molecule has 0 amide bonds. The van der Waals surface area contributed by atoms with Gasteiger partial charge in [0.05, 0.1) is 12.7 Å². The van der Waals surface area contributed by atoms with Crippen molar-refractivity contribution < 1.29 is 14.3 Å². The van der Waals surface area contributed by atoms with Gasteiger partial charge in [-0.3, -0.25) is 4.79 Å². The molecule has 112 valence electrons. The number of carbonyl (C=O) groups excluding carboxylic acids is 1. The van der Waals surface area contributed by atoms with E-state index in [1.807, 2.05) is 37.3 Å². The standard InChI is InChI=1S/C18H22O3/c1-17(2)15-9-10-18(3,21-17)16(19)14(15)11-12-5-7-13(20-4)8-6-12/h5-8,11,15H,9-10H2,1-4H3. The zero-order chi connectivity index (χ0) is 15.3. The van der Waals surface area contributed by atoms with Crippen LogP contribution in [0.25, 0.3) is 6.08 Å². The zero-order valence-corrected chi connectivity index (χ0v) is 13.1. The maximum atomic E-state index is 12.7. The number of fused-ring (bicyclic) bond motifs is 3. The highest BCUT2D eigenvalue weighted by molar-refractivity contribution is 6.07. The van der Waals surface area contributed by atoms with E-state index in [0.717, 1.165) is 29.7 Å². The molecule has 0 aromatic heterocycles. The second-order valence-electron chi connectivity index (χ2n) is 6.73. The summed E-state index contributed by atoms with van der Waals surface area (Å²) in [5, 5.41) is 0. The van der Waals surface area contributed by atoms with E-state index in [1.165, 1.54) is 0 Å². The highest BCUT2D eigenvalue weighted by atomic mass is 16.5. The summed E-state index contributed by atoms with van der Waals surface area (Å²) in [4.78, 5) is 12.7. The highest BCUT2D eigenvalue weighted by Gasteiger charge is 2.56. The van der Waals surface area contributed by atoms with Crippen LogP contribution in [-0.2, 0) is 9.53 Å². The molecular formula is C18H22O3. The number of rotatable bonds is 2. The van der Waals surface area contributed by atoms with Crippen LogP contribution in [0, 0.1) is 5.92 Å². The Hall–Kier alpha value is -1.61. The van der Waals surface area contributed by atoms with E-state index in [-0.39, 0.29) is 17.3 Å². The Morgan fingerprint density at radius 2 is 1.90 bits per heavy atom. The fourth-order valence-corrected chi connectivity index (χ4v) is 3.67. The fraction of sp³-hybridized carbons (Fsp3) is 0.500. The minimum absolute atomic E-state index is 0.147. The number of ketones is 1. The second kappa shape index (κ2) is 4.70. The van der Waals surface area contributed by atoms with E-state index in [4.69, 9.17) is 9.47 Å². The molecule has 0 spiro atoms. The van der Waals surface area contributed by atoms with Gasteiger partial charge >= 0.3 is 0 Å². The van der Waals surface area contributed by atoms with Crippen LogP contribution in [0.15, 0.2) is 29.8 Å². The molecule has 0 N–H and O–H groups in total. The van der Waals surface area contributed by atoms with Crippen LogP contribution in [0.1, 0.15) is 39.2 Å². The van der Waals surface area contributed by atoms with Gasteiger partial charge in [0.1, 0.15) is 11.4 Å². The number of hydrogen-bond acceptors (Lipinski definition) is 3. The zero-order valence-electron chi connectivity index (χ0n) is 13.1. The Labute approximate surface area is 125 Å². The number of carbonyl (C=O) groups is 1. The van der Waals surface area contributed by atoms with Gasteiger partial charge in [-0.05, 0) is 57.4 Å². The first-order valence-corrected chi connectivity index (χ1v) is 7.46. The van der Waals surface area contributed by atoms with Crippen LogP contribution < -0.4 is 4.74 Å². The molecule has 2 bridgehead atoms. The number of Topliss-reactive ketones (excluding diaryl/α,β-unsaturated/α-hetero) is 1. The Morgan fingerprint density at radius 1 is 1.24 bits per heavy atom. The molecular weight excluding hydrogens is 264 g/mol. The molecule has 1 aromatic carbocycles. The molecule has 4 rings (SSSR count). The predicted octanol–water partition coefficient (Wildman–Crippen LogP) is 3.63. The minimum Gasteiger partial charge on any atom is -0.497 e. The normalized spacial score (nSPS) is 32.5. The van der Waals surface area contributed by atoms with Gasteiger partial charge in [-0.25, -0.2) is 0 Å². The summed E-state index contributed by atoms with van der Waals surface area (Å²) in [6.45, 7) is 6.10. The molecule has 2 atom stereocenters. The van der Waals surface area contributed by atoms with Crippen LogP contribution in [0.5, 0.6) is 5.75 Å². The first-order valence-electron chi connectivity index (χ1n) is 7.46. The molecule has 2 unspecified atom stereocenters. The van der Waals surface area contributed by atoms with Gasteiger partial charge < -0.3 is 9.47 Å². The first kappa shape index (κ1) is 14.3. The summed E-state index contributed by atoms with van der Waals surface area (Å²) < 4.78 is 11.2. The molecule has 2 heterocycles. The third-order valence-corrected chi connectivity index (χ3v) is 4.79. The van der Waals surface area contributed by atoms with E-state index in [9.17, 15) is 4.79 Å². The highest BCUT2D eigenvalue weighted by Crippen LogP contribution is 2.50. The van der Waals surface area contributed by atoms with Crippen LogP contribution in [-0.4, -0.2) is 24.1 Å². The van der Waals surface area contributed by atoms with E-state index in [1.54, 1.807) is 7.11 Å². The molecule has 1 aromatic rings. The van der Waals surface area contributed by atoms with Crippen molar-refractivity contribution in [1.82, 2.24) is 0 Å². The first-order chi connectivity index (χ1) is 9.86. The molecule has 1 saturated carbocycles. The van der Waals surface area contributed by atoms with Crippen molar-refractivity contribution in [2.24, 2.45) is 5.92 Å². The summed E-state index contributed by atoms with van der Waals surface area (Å²) in [6, 6.07) is 7.80. The molecule has 2 saturated heterocycles. The van der Waals surface area contributed by atoms with E-state index >= 15 is 0 Å². The minimum atomic E-state index is -0.656. The van der Waals surface area contributed by atoms with Crippen molar-refractivity contribution in [2.45, 2.75) is 44.8 Å². The average Bonchev–Trinajstić information content (AvgIpc) is 2.43. The topological polar surface area (TPSA) is 35.5 Å². The fourth-order valence-electron chi connectivity index (χ4n) is 3.67. The molecule has 3 aliphatic rings. The smallest absolute Gasteiger partial charge is 0.190 e. The lowest BCUT2D eigenvalue weighted by molar-refractivity contribution is -0.206. The SMILES string of the molecule is COc1ccc(C=C2C(=O)C3(C)CCC2C(C)(C)O3)cc1. The van der Waals surface area contributed by atoms with Crippen molar-refractivity contribution in [3.63, 3.8) is 0 Å². The number of methoxy groups -OCH3 is 1. The Bertz CT molecular complexity index is 597. The molecule has 1 aliphatic carbocycles. The summed E-state index contributed by atoms with van der Waals surface area (Å²) in [7, 11) is 1.65. The van der Waals surface area contributed by atoms with Crippen LogP contribution >= 0.6 is 0 Å². The Balaban J connectivity index is 1.99. The maximum Gasteiger partial charge on any atom is 0.190 e. The van der Waals surface area contributed by atoms with E-state index in [0.29, 0.717) is 0 Å². The number of ether oxygens (including phenoxy) is 2. The van der Waals surface area contributed by atoms with Crippen molar-refractivity contribution >= 4 is 11.9 Å². The quantitative estimate of drug-likeness (QED) is 0.779. The van der Waals surface area contributed by atoms with Crippen molar-refractivity contribution in [3.8, 4) is 5.75 Å². The van der Waals surface area contributed by atoms with Crippen LogP contribution in [0.2, 0.25) is 0 Å². The third kappa shape index (κ3) is 2.30. The lowest BCUT2D eigenvalue weighted by Crippen LogP contribution is -2.60. The van der Waals surface area contributed by atoms with Gasteiger partial charge in [-0.1, -0.05) is 12.1 Å². The molecule has 0 radical (unpaired) electrons. The molecule has 3 heteroatoms. The van der Waals surface area contributed by atoms with Crippen LogP contribution in [0.4, 0.5) is 0 Å². The van der Waals surface area contributed by atoms with E-state index in [2.05, 4.69) is 13.8 Å². The number of hydrogen-bond donors (Lipinski definition) is 0. The van der Waals surface area contributed by atoms with E-state index < -0.39 is 5.60 Å². The lowest BCUT2D eigenvalue weighted by atomic mass is 9.65. The van der Waals surface area contributed by atoms with Gasteiger partial charge in [-0.2, -0.15) is 0 Å². The van der Waals surface area contributed by atoms with Gasteiger partial charge in [0.25, 0.3) is 0 Å². The summed E-state index contributed by atoms with van der Waals surface area (Å²) in [5.41, 5.74) is 1.01. The molecule has 3 fully saturated rings. The maximum absolute atomic E-state index is 12.7. The summed E-state index contributed by atoms with van der Waals surface area (Å²) >= 11 is 0. The predicted molar refractivity (Wildman–Crippen MR) is 82.3 cm³/mol. The molecule has 2 aliphatic heterocycles. The van der Waals surface area contributed by atoms with Crippen molar-refractivity contribution in [2.75, 3.05) is 7.11 Å². The molecule has 3 nitrogen and oxygen atoms in total. The van der Waals surface area contributed by atoms with Crippen molar-refractivity contribution in [1.29, 1.82) is 0 Å². The second-order valence-corrected chi connectivity index (χ2v) is 6.73. The van der Waals surface area contributed by atoms with Gasteiger partial charge in [0, 0.05) is 11.5 Å². The lowest BCUT2D eigenvalue weighted by Gasteiger charge is -2.53. The third-order valence-electron chi connectivity index (χ3n) is 4.79.